The van der Waals surface area contributed by atoms with Gasteiger partial charge in [-0.15, -0.1) is 4.73 Å². The highest BCUT2D eigenvalue weighted by atomic mass is 16.7. The summed E-state index contributed by atoms with van der Waals surface area (Å²) in [5.74, 6) is -1.47. The zero-order valence-corrected chi connectivity index (χ0v) is 15.4. The van der Waals surface area contributed by atoms with Crippen molar-refractivity contribution in [3.05, 3.63) is 100 Å². The maximum Gasteiger partial charge on any atom is 0.300 e. The Morgan fingerprint density at radius 3 is 2.24 bits per heavy atom. The van der Waals surface area contributed by atoms with Gasteiger partial charge >= 0.3 is 0 Å². The molecular formula is C23H18N2O4. The van der Waals surface area contributed by atoms with Crippen LogP contribution in [0.15, 0.2) is 83.7 Å². The van der Waals surface area contributed by atoms with E-state index >= 15 is 0 Å². The number of carbonyl (C=O) groups excluding carboxylic acids is 1. The lowest BCUT2D eigenvalue weighted by atomic mass is 10.0. The van der Waals surface area contributed by atoms with E-state index in [4.69, 9.17) is 10.6 Å². The largest absolute Gasteiger partial charge is 0.506 e. The Morgan fingerprint density at radius 1 is 0.931 bits per heavy atom. The summed E-state index contributed by atoms with van der Waals surface area (Å²) >= 11 is 0. The molecule has 0 spiro atoms. The zero-order chi connectivity index (χ0) is 20.4. The van der Waals surface area contributed by atoms with E-state index < -0.39 is 22.8 Å². The summed E-state index contributed by atoms with van der Waals surface area (Å²) in [4.78, 5) is 30.4. The molecule has 3 aromatic carbocycles. The molecule has 3 N–H and O–H groups in total. The monoisotopic (exact) mass is 386 g/mol. The normalized spacial score (nSPS) is 10.8. The van der Waals surface area contributed by atoms with Gasteiger partial charge in [0.15, 0.2) is 0 Å². The van der Waals surface area contributed by atoms with Crippen LogP contribution >= 0.6 is 0 Å². The van der Waals surface area contributed by atoms with Gasteiger partial charge in [0.1, 0.15) is 17.9 Å². The number of amides is 1. The van der Waals surface area contributed by atoms with Crippen LogP contribution in [0.25, 0.3) is 22.0 Å². The lowest BCUT2D eigenvalue weighted by molar-refractivity contribution is 0.0926. The lowest BCUT2D eigenvalue weighted by Crippen LogP contribution is -2.33. The van der Waals surface area contributed by atoms with Gasteiger partial charge in [-0.1, -0.05) is 66.7 Å². The highest BCUT2D eigenvalue weighted by molar-refractivity contribution is 6.02. The molecule has 0 saturated heterocycles. The third kappa shape index (κ3) is 3.43. The second-order valence-corrected chi connectivity index (χ2v) is 6.54. The summed E-state index contributed by atoms with van der Waals surface area (Å²) < 4.78 is 1.01. The van der Waals surface area contributed by atoms with Crippen LogP contribution in [0.2, 0.25) is 0 Å². The average Bonchev–Trinajstić information content (AvgIpc) is 2.74. The van der Waals surface area contributed by atoms with Gasteiger partial charge in [-0.25, -0.2) is 0 Å². The molecule has 0 unspecified atom stereocenters. The molecule has 6 heteroatoms. The topological polar surface area (TPSA) is 94.6 Å². The molecule has 144 valence electrons. The SMILES string of the molecule is NC(=O)c1c(O)c2cc(-c3ccccc3)ccc2n(OCc2ccccc2)c1=O. The van der Waals surface area contributed by atoms with Crippen LogP contribution in [-0.4, -0.2) is 15.7 Å². The fraction of sp³-hybridized carbons (Fsp3) is 0.0435. The van der Waals surface area contributed by atoms with Crippen molar-refractivity contribution in [2.24, 2.45) is 5.73 Å². The average molecular weight is 386 g/mol. The van der Waals surface area contributed by atoms with Crippen LogP contribution < -0.4 is 16.1 Å². The number of carbonyl (C=O) groups is 1. The first kappa shape index (κ1) is 18.3. The maximum absolute atomic E-state index is 12.8. The predicted octanol–water partition coefficient (Wildman–Crippen LogP) is 3.10. The van der Waals surface area contributed by atoms with Crippen LogP contribution in [0.1, 0.15) is 15.9 Å². The summed E-state index contributed by atoms with van der Waals surface area (Å²) in [6.07, 6.45) is 0. The summed E-state index contributed by atoms with van der Waals surface area (Å²) in [5.41, 5.74) is 6.99. The molecule has 0 aliphatic heterocycles. The van der Waals surface area contributed by atoms with Crippen molar-refractivity contribution in [3.63, 3.8) is 0 Å². The number of hydrogen-bond acceptors (Lipinski definition) is 4. The minimum Gasteiger partial charge on any atom is -0.506 e. The summed E-state index contributed by atoms with van der Waals surface area (Å²) in [7, 11) is 0. The van der Waals surface area contributed by atoms with Gasteiger partial charge in [-0.3, -0.25) is 9.59 Å². The highest BCUT2D eigenvalue weighted by Gasteiger charge is 2.21. The third-order valence-electron chi connectivity index (χ3n) is 4.66. The van der Waals surface area contributed by atoms with E-state index in [1.807, 2.05) is 66.7 Å². The van der Waals surface area contributed by atoms with Crippen molar-refractivity contribution in [2.75, 3.05) is 0 Å². The smallest absolute Gasteiger partial charge is 0.300 e. The van der Waals surface area contributed by atoms with E-state index in [9.17, 15) is 14.7 Å². The zero-order valence-electron chi connectivity index (χ0n) is 15.4. The Morgan fingerprint density at radius 2 is 1.59 bits per heavy atom. The van der Waals surface area contributed by atoms with Gasteiger partial charge < -0.3 is 15.7 Å². The predicted molar refractivity (Wildman–Crippen MR) is 111 cm³/mol. The minimum atomic E-state index is -1.02. The molecule has 0 atom stereocenters. The van der Waals surface area contributed by atoms with Crippen molar-refractivity contribution in [3.8, 4) is 16.9 Å². The van der Waals surface area contributed by atoms with Crippen molar-refractivity contribution >= 4 is 16.8 Å². The number of benzene rings is 3. The van der Waals surface area contributed by atoms with Crippen LogP contribution in [0.3, 0.4) is 0 Å². The van der Waals surface area contributed by atoms with Gasteiger partial charge in [-0.05, 0) is 28.8 Å². The Balaban J connectivity index is 1.89. The number of aromatic nitrogens is 1. The third-order valence-corrected chi connectivity index (χ3v) is 4.66. The highest BCUT2D eigenvalue weighted by Crippen LogP contribution is 2.30. The summed E-state index contributed by atoms with van der Waals surface area (Å²) in [6.45, 7) is 0.110. The van der Waals surface area contributed by atoms with Gasteiger partial charge in [0.25, 0.3) is 11.5 Å². The number of pyridine rings is 1. The Labute approximate surface area is 166 Å². The van der Waals surface area contributed by atoms with Gasteiger partial charge in [0.2, 0.25) is 0 Å². The lowest BCUT2D eigenvalue weighted by Gasteiger charge is -2.15. The van der Waals surface area contributed by atoms with Crippen LogP contribution in [0, 0.1) is 0 Å². The quantitative estimate of drug-likeness (QED) is 0.551. The molecule has 0 saturated carbocycles. The van der Waals surface area contributed by atoms with Crippen LogP contribution in [-0.2, 0) is 6.61 Å². The van der Waals surface area contributed by atoms with E-state index in [-0.39, 0.29) is 6.61 Å². The van der Waals surface area contributed by atoms with E-state index in [1.165, 1.54) is 0 Å². The van der Waals surface area contributed by atoms with Gasteiger partial charge in [0.05, 0.1) is 5.52 Å². The van der Waals surface area contributed by atoms with E-state index in [0.717, 1.165) is 21.4 Å². The molecule has 0 radical (unpaired) electrons. The number of rotatable bonds is 5. The molecule has 4 rings (SSSR count). The number of nitrogens with two attached hydrogens (primary N) is 1. The van der Waals surface area contributed by atoms with E-state index in [2.05, 4.69) is 0 Å². The first-order chi connectivity index (χ1) is 14.1. The van der Waals surface area contributed by atoms with Gasteiger partial charge in [-0.2, -0.15) is 0 Å². The second-order valence-electron chi connectivity index (χ2n) is 6.54. The Kier molecular flexibility index (Phi) is 4.75. The Hall–Kier alpha value is -4.06. The fourth-order valence-corrected chi connectivity index (χ4v) is 3.22. The molecule has 1 heterocycles. The maximum atomic E-state index is 12.8. The molecule has 29 heavy (non-hydrogen) atoms. The molecule has 1 amide bonds. The van der Waals surface area contributed by atoms with Crippen LogP contribution in [0.4, 0.5) is 0 Å². The first-order valence-electron chi connectivity index (χ1n) is 9.00. The molecular weight excluding hydrogens is 368 g/mol. The van der Waals surface area contributed by atoms with Crippen molar-refractivity contribution in [1.82, 2.24) is 4.73 Å². The fourth-order valence-electron chi connectivity index (χ4n) is 3.22. The number of nitrogens with zero attached hydrogens (tertiary/aromatic N) is 1. The molecule has 0 aliphatic rings. The number of primary amides is 1. The molecule has 4 aromatic rings. The number of aromatic hydroxyl groups is 1. The molecule has 0 bridgehead atoms. The summed E-state index contributed by atoms with van der Waals surface area (Å²) in [5, 5.41) is 10.9. The second kappa shape index (κ2) is 7.52. The van der Waals surface area contributed by atoms with Crippen LogP contribution in [0.5, 0.6) is 5.75 Å². The van der Waals surface area contributed by atoms with Crippen molar-refractivity contribution in [2.45, 2.75) is 6.61 Å². The van der Waals surface area contributed by atoms with Gasteiger partial charge in [0, 0.05) is 5.39 Å². The summed E-state index contributed by atoms with van der Waals surface area (Å²) in [6, 6.07) is 24.1. The number of hydrogen-bond donors (Lipinski definition) is 2. The number of fused-ring (bicyclic) bond motifs is 1. The minimum absolute atomic E-state index is 0.110. The Bertz CT molecular complexity index is 1250. The molecule has 1 aromatic heterocycles. The molecule has 6 nitrogen and oxygen atoms in total. The first-order valence-corrected chi connectivity index (χ1v) is 9.00. The standard InChI is InChI=1S/C23H18N2O4/c24-22(27)20-21(26)18-13-17(16-9-5-2-6-10-16)11-12-19(18)25(23(20)28)29-14-15-7-3-1-4-8-15/h1-13,26H,14H2,(H2,24,27). The van der Waals surface area contributed by atoms with E-state index in [0.29, 0.717) is 10.9 Å². The van der Waals surface area contributed by atoms with Crippen molar-refractivity contribution < 1.29 is 14.7 Å². The van der Waals surface area contributed by atoms with Crippen molar-refractivity contribution in [1.29, 1.82) is 0 Å². The van der Waals surface area contributed by atoms with E-state index in [1.54, 1.807) is 12.1 Å². The molecule has 0 fully saturated rings. The molecule has 0 aliphatic carbocycles.